The molecule has 1 saturated carbocycles. The molecule has 1 N–H and O–H groups in total. The van der Waals surface area contributed by atoms with Crippen molar-refractivity contribution in [2.75, 3.05) is 13.1 Å². The molecule has 0 aromatic heterocycles. The molecule has 3 atom stereocenters. The minimum Gasteiger partial charge on any atom is -0.480 e. The van der Waals surface area contributed by atoms with Crippen molar-refractivity contribution in [3.05, 3.63) is 0 Å². The fraction of sp³-hybridized carbons (Fsp3) is 0.769. The monoisotopic (exact) mass is 221 g/mol. The first kappa shape index (κ1) is 11.5. The van der Waals surface area contributed by atoms with Gasteiger partial charge in [0, 0.05) is 19.5 Å². The van der Waals surface area contributed by atoms with Crippen LogP contribution in [0.2, 0.25) is 0 Å². The minimum absolute atomic E-state index is 0.244. The Balaban J connectivity index is 2.01. The van der Waals surface area contributed by atoms with Crippen LogP contribution in [0.15, 0.2) is 0 Å². The number of aliphatic carboxylic acids is 1. The smallest absolute Gasteiger partial charge is 0.321 e. The Bertz CT molecular complexity index is 329. The summed E-state index contributed by atoms with van der Waals surface area (Å²) in [6.45, 7) is 3.60. The summed E-state index contributed by atoms with van der Waals surface area (Å²) in [6.07, 6.45) is 4.31. The van der Waals surface area contributed by atoms with Crippen LogP contribution in [0.25, 0.3) is 0 Å². The SMILES string of the molecule is CC#CCCN1CC2CCCC2C1C(=O)O. The third-order valence-corrected chi connectivity index (χ3v) is 3.94. The normalized spacial score (nSPS) is 33.2. The lowest BCUT2D eigenvalue weighted by molar-refractivity contribution is -0.143. The largest absolute Gasteiger partial charge is 0.480 e. The predicted octanol–water partition coefficient (Wildman–Crippen LogP) is 1.58. The number of hydrogen-bond acceptors (Lipinski definition) is 2. The van der Waals surface area contributed by atoms with Crippen LogP contribution >= 0.6 is 0 Å². The van der Waals surface area contributed by atoms with E-state index in [1.54, 1.807) is 0 Å². The summed E-state index contributed by atoms with van der Waals surface area (Å²) in [7, 11) is 0. The molecule has 1 aliphatic heterocycles. The van der Waals surface area contributed by atoms with Crippen molar-refractivity contribution >= 4 is 5.97 Å². The topological polar surface area (TPSA) is 40.5 Å². The van der Waals surface area contributed by atoms with Crippen LogP contribution in [0.5, 0.6) is 0 Å². The molecule has 3 heteroatoms. The summed E-state index contributed by atoms with van der Waals surface area (Å²) in [5.41, 5.74) is 0. The number of rotatable bonds is 3. The van der Waals surface area contributed by atoms with Gasteiger partial charge in [-0.3, -0.25) is 9.69 Å². The number of carboxylic acids is 1. The molecule has 0 bridgehead atoms. The standard InChI is InChI=1S/C13H19NO2/c1-2-3-4-8-14-9-10-6-5-7-11(10)12(14)13(15)16/h10-12H,4-9H2,1H3,(H,15,16). The van der Waals surface area contributed by atoms with Gasteiger partial charge in [-0.05, 0) is 31.6 Å². The first-order valence-electron chi connectivity index (χ1n) is 6.10. The molecule has 0 aromatic carbocycles. The van der Waals surface area contributed by atoms with Gasteiger partial charge in [0.1, 0.15) is 6.04 Å². The predicted molar refractivity (Wildman–Crippen MR) is 61.9 cm³/mol. The maximum atomic E-state index is 11.3. The average molecular weight is 221 g/mol. The first-order chi connectivity index (χ1) is 7.74. The number of nitrogens with zero attached hydrogens (tertiary/aromatic N) is 1. The Kier molecular flexibility index (Phi) is 3.50. The highest BCUT2D eigenvalue weighted by atomic mass is 16.4. The second kappa shape index (κ2) is 4.88. The molecule has 2 rings (SSSR count). The van der Waals surface area contributed by atoms with E-state index >= 15 is 0 Å². The van der Waals surface area contributed by atoms with Gasteiger partial charge in [0.2, 0.25) is 0 Å². The maximum absolute atomic E-state index is 11.3. The summed E-state index contributed by atoms with van der Waals surface area (Å²) in [6, 6.07) is -0.244. The lowest BCUT2D eigenvalue weighted by Crippen LogP contribution is -2.39. The molecule has 1 saturated heterocycles. The third kappa shape index (κ3) is 2.08. The highest BCUT2D eigenvalue weighted by Crippen LogP contribution is 2.42. The van der Waals surface area contributed by atoms with Crippen LogP contribution in [-0.4, -0.2) is 35.1 Å². The van der Waals surface area contributed by atoms with Crippen LogP contribution < -0.4 is 0 Å². The fourth-order valence-electron chi connectivity index (χ4n) is 3.29. The maximum Gasteiger partial charge on any atom is 0.321 e. The Morgan fingerprint density at radius 1 is 1.50 bits per heavy atom. The molecule has 1 aliphatic carbocycles. The molecule has 0 radical (unpaired) electrons. The van der Waals surface area contributed by atoms with Crippen molar-refractivity contribution < 1.29 is 9.90 Å². The van der Waals surface area contributed by atoms with E-state index in [0.717, 1.165) is 25.9 Å². The molecule has 88 valence electrons. The average Bonchev–Trinajstić information content (AvgIpc) is 2.76. The van der Waals surface area contributed by atoms with Crippen molar-refractivity contribution in [2.45, 2.75) is 38.6 Å². The second-order valence-corrected chi connectivity index (χ2v) is 4.81. The quantitative estimate of drug-likeness (QED) is 0.736. The minimum atomic E-state index is -0.640. The van der Waals surface area contributed by atoms with Gasteiger partial charge in [0.25, 0.3) is 0 Å². The molecule has 1 heterocycles. The van der Waals surface area contributed by atoms with E-state index in [2.05, 4.69) is 16.7 Å². The van der Waals surface area contributed by atoms with Crippen LogP contribution in [0.3, 0.4) is 0 Å². The fourth-order valence-corrected chi connectivity index (χ4v) is 3.29. The molecule has 0 spiro atoms. The van der Waals surface area contributed by atoms with Crippen LogP contribution in [0.4, 0.5) is 0 Å². The van der Waals surface area contributed by atoms with Gasteiger partial charge in [-0.1, -0.05) is 6.42 Å². The van der Waals surface area contributed by atoms with Crippen molar-refractivity contribution in [1.82, 2.24) is 4.90 Å². The van der Waals surface area contributed by atoms with E-state index in [9.17, 15) is 9.90 Å². The third-order valence-electron chi connectivity index (χ3n) is 3.94. The number of hydrogen-bond donors (Lipinski definition) is 1. The van der Waals surface area contributed by atoms with Gasteiger partial charge < -0.3 is 5.11 Å². The molecule has 16 heavy (non-hydrogen) atoms. The highest BCUT2D eigenvalue weighted by Gasteiger charge is 2.47. The van der Waals surface area contributed by atoms with Crippen molar-refractivity contribution in [3.63, 3.8) is 0 Å². The zero-order chi connectivity index (χ0) is 11.5. The van der Waals surface area contributed by atoms with Crippen LogP contribution in [0.1, 0.15) is 32.6 Å². The van der Waals surface area contributed by atoms with E-state index in [0.29, 0.717) is 11.8 Å². The second-order valence-electron chi connectivity index (χ2n) is 4.81. The number of fused-ring (bicyclic) bond motifs is 1. The lowest BCUT2D eigenvalue weighted by Gasteiger charge is -2.23. The van der Waals surface area contributed by atoms with Crippen LogP contribution in [0, 0.1) is 23.7 Å². The summed E-state index contributed by atoms with van der Waals surface area (Å²) in [5.74, 6) is 6.25. The van der Waals surface area contributed by atoms with E-state index in [1.165, 1.54) is 12.8 Å². The number of carboxylic acid groups (broad SMARTS) is 1. The Morgan fingerprint density at radius 2 is 2.31 bits per heavy atom. The van der Waals surface area contributed by atoms with Gasteiger partial charge in [-0.15, -0.1) is 11.8 Å². The number of likely N-dealkylation sites (tertiary alicyclic amines) is 1. The molecule has 2 aliphatic rings. The van der Waals surface area contributed by atoms with E-state index in [4.69, 9.17) is 0 Å². The van der Waals surface area contributed by atoms with Gasteiger partial charge in [0.05, 0.1) is 0 Å². The molecular weight excluding hydrogens is 202 g/mol. The Hall–Kier alpha value is -1.01. The van der Waals surface area contributed by atoms with Gasteiger partial charge in [-0.25, -0.2) is 0 Å². The van der Waals surface area contributed by atoms with E-state index < -0.39 is 5.97 Å². The summed E-state index contributed by atoms with van der Waals surface area (Å²) in [5, 5.41) is 9.31. The molecule has 0 aromatic rings. The number of carbonyl (C=O) groups is 1. The zero-order valence-electron chi connectivity index (χ0n) is 9.78. The molecule has 3 unspecified atom stereocenters. The van der Waals surface area contributed by atoms with Gasteiger partial charge in [-0.2, -0.15) is 0 Å². The Labute approximate surface area is 96.8 Å². The van der Waals surface area contributed by atoms with Gasteiger partial charge >= 0.3 is 5.97 Å². The zero-order valence-corrected chi connectivity index (χ0v) is 9.78. The Morgan fingerprint density at radius 3 is 3.00 bits per heavy atom. The molecule has 3 nitrogen and oxygen atoms in total. The molecular formula is C13H19NO2. The van der Waals surface area contributed by atoms with E-state index in [-0.39, 0.29) is 6.04 Å². The summed E-state index contributed by atoms with van der Waals surface area (Å²) < 4.78 is 0. The highest BCUT2D eigenvalue weighted by molar-refractivity contribution is 5.74. The molecule has 2 fully saturated rings. The summed E-state index contributed by atoms with van der Waals surface area (Å²) in [4.78, 5) is 13.4. The van der Waals surface area contributed by atoms with Crippen molar-refractivity contribution in [2.24, 2.45) is 11.8 Å². The lowest BCUT2D eigenvalue weighted by atomic mass is 9.94. The van der Waals surface area contributed by atoms with Crippen molar-refractivity contribution in [3.8, 4) is 11.8 Å². The molecule has 0 amide bonds. The van der Waals surface area contributed by atoms with E-state index in [1.807, 2.05) is 6.92 Å². The van der Waals surface area contributed by atoms with Crippen molar-refractivity contribution in [1.29, 1.82) is 0 Å². The van der Waals surface area contributed by atoms with Crippen LogP contribution in [-0.2, 0) is 4.79 Å². The summed E-state index contributed by atoms with van der Waals surface area (Å²) >= 11 is 0. The first-order valence-corrected chi connectivity index (χ1v) is 6.10. The van der Waals surface area contributed by atoms with Gasteiger partial charge in [0.15, 0.2) is 0 Å².